The van der Waals surface area contributed by atoms with E-state index in [9.17, 15) is 0 Å². The van der Waals surface area contributed by atoms with Crippen molar-refractivity contribution in [3.63, 3.8) is 0 Å². The molecule has 1 N–H and O–H groups in total. The Bertz CT molecular complexity index is 268. The van der Waals surface area contributed by atoms with Crippen LogP contribution in [-0.4, -0.2) is 11.7 Å². The van der Waals surface area contributed by atoms with Crippen molar-refractivity contribution in [1.29, 1.82) is 0 Å². The summed E-state index contributed by atoms with van der Waals surface area (Å²) in [6.07, 6.45) is 3.62. The standard InChI is InChI=1S/C10H12OS/c11-6-2-5-9-3-1-4-10(7-9)8-12/h1-5,7,11-12H,6,8H2. The van der Waals surface area contributed by atoms with Crippen LogP contribution < -0.4 is 0 Å². The molecular weight excluding hydrogens is 168 g/mol. The van der Waals surface area contributed by atoms with E-state index in [1.54, 1.807) is 6.08 Å². The first kappa shape index (κ1) is 9.36. The van der Waals surface area contributed by atoms with Gasteiger partial charge in [-0.3, -0.25) is 0 Å². The third-order valence-corrected chi connectivity index (χ3v) is 1.91. The van der Waals surface area contributed by atoms with Crippen molar-refractivity contribution < 1.29 is 5.11 Å². The third-order valence-electron chi connectivity index (χ3n) is 1.55. The Kier molecular flexibility index (Phi) is 3.91. The number of aliphatic hydroxyl groups excluding tert-OH is 1. The van der Waals surface area contributed by atoms with Gasteiger partial charge in [0.15, 0.2) is 0 Å². The highest BCUT2D eigenvalue weighted by Crippen LogP contribution is 2.08. The van der Waals surface area contributed by atoms with Crippen molar-refractivity contribution in [2.75, 3.05) is 6.61 Å². The molecule has 0 bridgehead atoms. The summed E-state index contributed by atoms with van der Waals surface area (Å²) in [5, 5.41) is 8.55. The molecule has 12 heavy (non-hydrogen) atoms. The van der Waals surface area contributed by atoms with Crippen molar-refractivity contribution in [1.82, 2.24) is 0 Å². The van der Waals surface area contributed by atoms with Crippen LogP contribution in [-0.2, 0) is 5.75 Å². The van der Waals surface area contributed by atoms with E-state index in [0.717, 1.165) is 11.3 Å². The maximum atomic E-state index is 8.55. The van der Waals surface area contributed by atoms with Crippen LogP contribution in [0.4, 0.5) is 0 Å². The van der Waals surface area contributed by atoms with Gasteiger partial charge in [0.05, 0.1) is 6.61 Å². The molecule has 1 aromatic carbocycles. The molecule has 0 heterocycles. The smallest absolute Gasteiger partial charge is 0.0615 e. The van der Waals surface area contributed by atoms with E-state index in [2.05, 4.69) is 18.7 Å². The summed E-state index contributed by atoms with van der Waals surface area (Å²) in [5.41, 5.74) is 2.30. The zero-order valence-electron chi connectivity index (χ0n) is 6.77. The molecule has 0 amide bonds. The summed E-state index contributed by atoms with van der Waals surface area (Å²) < 4.78 is 0. The number of rotatable bonds is 3. The first-order valence-electron chi connectivity index (χ1n) is 3.84. The van der Waals surface area contributed by atoms with Gasteiger partial charge in [0.1, 0.15) is 0 Å². The SMILES string of the molecule is OCC=Cc1cccc(CS)c1. The van der Waals surface area contributed by atoms with Gasteiger partial charge in [0.2, 0.25) is 0 Å². The van der Waals surface area contributed by atoms with Crippen molar-refractivity contribution in [3.8, 4) is 0 Å². The molecule has 0 aliphatic heterocycles. The van der Waals surface area contributed by atoms with Crippen molar-refractivity contribution in [2.45, 2.75) is 5.75 Å². The molecule has 1 aromatic rings. The Morgan fingerprint density at radius 2 is 2.25 bits per heavy atom. The zero-order valence-corrected chi connectivity index (χ0v) is 7.67. The molecule has 64 valence electrons. The fourth-order valence-corrected chi connectivity index (χ4v) is 1.18. The highest BCUT2D eigenvalue weighted by molar-refractivity contribution is 7.79. The Hall–Kier alpha value is -0.730. The first-order valence-corrected chi connectivity index (χ1v) is 4.47. The summed E-state index contributed by atoms with van der Waals surface area (Å²) in [6.45, 7) is 0.0884. The highest BCUT2D eigenvalue weighted by atomic mass is 32.1. The van der Waals surface area contributed by atoms with Gasteiger partial charge >= 0.3 is 0 Å². The fourth-order valence-electron chi connectivity index (χ4n) is 0.984. The molecule has 0 fully saturated rings. The van der Waals surface area contributed by atoms with Gasteiger partial charge in [0.25, 0.3) is 0 Å². The van der Waals surface area contributed by atoms with Crippen LogP contribution in [0.3, 0.4) is 0 Å². The van der Waals surface area contributed by atoms with Gasteiger partial charge in [-0.2, -0.15) is 12.6 Å². The van der Waals surface area contributed by atoms with Crippen LogP contribution in [0.1, 0.15) is 11.1 Å². The van der Waals surface area contributed by atoms with Gasteiger partial charge in [-0.25, -0.2) is 0 Å². The van der Waals surface area contributed by atoms with E-state index >= 15 is 0 Å². The lowest BCUT2D eigenvalue weighted by Gasteiger charge is -1.97. The summed E-state index contributed by atoms with van der Waals surface area (Å²) in [7, 11) is 0. The molecule has 0 saturated heterocycles. The molecule has 0 aliphatic rings. The van der Waals surface area contributed by atoms with Crippen molar-refractivity contribution >= 4 is 18.7 Å². The highest BCUT2D eigenvalue weighted by Gasteiger charge is 1.89. The Balaban J connectivity index is 2.79. The van der Waals surface area contributed by atoms with E-state index in [1.165, 1.54) is 5.56 Å². The van der Waals surface area contributed by atoms with Crippen molar-refractivity contribution in [3.05, 3.63) is 41.5 Å². The van der Waals surface area contributed by atoms with Gasteiger partial charge in [0, 0.05) is 5.75 Å². The summed E-state index contributed by atoms with van der Waals surface area (Å²) >= 11 is 4.17. The second-order valence-electron chi connectivity index (χ2n) is 2.49. The maximum absolute atomic E-state index is 8.55. The summed E-state index contributed by atoms with van der Waals surface area (Å²) in [5.74, 6) is 0.751. The van der Waals surface area contributed by atoms with Crippen LogP contribution >= 0.6 is 12.6 Å². The van der Waals surface area contributed by atoms with Gasteiger partial charge in [-0.1, -0.05) is 36.4 Å². The lowest BCUT2D eigenvalue weighted by atomic mass is 10.1. The van der Waals surface area contributed by atoms with E-state index in [-0.39, 0.29) is 6.61 Å². The quantitative estimate of drug-likeness (QED) is 0.683. The topological polar surface area (TPSA) is 20.2 Å². The van der Waals surface area contributed by atoms with Gasteiger partial charge in [-0.05, 0) is 11.1 Å². The number of benzene rings is 1. The summed E-state index contributed by atoms with van der Waals surface area (Å²) in [6, 6.07) is 8.07. The average Bonchev–Trinajstić information content (AvgIpc) is 2.15. The first-order chi connectivity index (χ1) is 5.86. The summed E-state index contributed by atoms with van der Waals surface area (Å²) in [4.78, 5) is 0. The number of hydrogen-bond acceptors (Lipinski definition) is 2. The van der Waals surface area contributed by atoms with E-state index in [0.29, 0.717) is 0 Å². The van der Waals surface area contributed by atoms with E-state index in [4.69, 9.17) is 5.11 Å². The number of aliphatic hydroxyl groups is 1. The minimum absolute atomic E-state index is 0.0884. The Morgan fingerprint density at radius 3 is 2.92 bits per heavy atom. The maximum Gasteiger partial charge on any atom is 0.0615 e. The fraction of sp³-hybridized carbons (Fsp3) is 0.200. The Morgan fingerprint density at radius 1 is 1.42 bits per heavy atom. The number of thiol groups is 1. The molecule has 0 unspecified atom stereocenters. The molecule has 2 heteroatoms. The molecule has 0 saturated carbocycles. The second kappa shape index (κ2) is 5.01. The predicted molar refractivity (Wildman–Crippen MR) is 55.3 cm³/mol. The lowest BCUT2D eigenvalue weighted by Crippen LogP contribution is -1.79. The molecule has 0 aliphatic carbocycles. The third kappa shape index (κ3) is 2.72. The average molecular weight is 180 g/mol. The molecule has 1 nitrogen and oxygen atoms in total. The van der Waals surface area contributed by atoms with E-state index in [1.807, 2.05) is 24.3 Å². The molecule has 1 rings (SSSR count). The Labute approximate surface area is 78.2 Å². The molecule has 0 spiro atoms. The second-order valence-corrected chi connectivity index (χ2v) is 2.80. The minimum Gasteiger partial charge on any atom is -0.392 e. The van der Waals surface area contributed by atoms with Crippen LogP contribution in [0.15, 0.2) is 30.3 Å². The van der Waals surface area contributed by atoms with Crippen LogP contribution in [0.25, 0.3) is 6.08 Å². The lowest BCUT2D eigenvalue weighted by molar-refractivity contribution is 0.343. The van der Waals surface area contributed by atoms with E-state index < -0.39 is 0 Å². The molecular formula is C10H12OS. The molecule has 0 atom stereocenters. The van der Waals surface area contributed by atoms with Crippen LogP contribution in [0, 0.1) is 0 Å². The number of hydrogen-bond donors (Lipinski definition) is 2. The van der Waals surface area contributed by atoms with Crippen LogP contribution in [0.5, 0.6) is 0 Å². The normalized spacial score (nSPS) is 10.8. The van der Waals surface area contributed by atoms with Gasteiger partial charge < -0.3 is 5.11 Å². The molecule has 0 aromatic heterocycles. The monoisotopic (exact) mass is 180 g/mol. The largest absolute Gasteiger partial charge is 0.392 e. The van der Waals surface area contributed by atoms with Gasteiger partial charge in [-0.15, -0.1) is 0 Å². The molecule has 0 radical (unpaired) electrons. The zero-order chi connectivity index (χ0) is 8.81. The van der Waals surface area contributed by atoms with Crippen molar-refractivity contribution in [2.24, 2.45) is 0 Å². The predicted octanol–water partition coefficient (Wildman–Crippen LogP) is 2.12. The minimum atomic E-state index is 0.0884. The van der Waals surface area contributed by atoms with Crippen LogP contribution in [0.2, 0.25) is 0 Å².